The van der Waals surface area contributed by atoms with E-state index in [1.807, 2.05) is 30.3 Å². The van der Waals surface area contributed by atoms with Crippen LogP contribution in [0.2, 0.25) is 0 Å². The Labute approximate surface area is 275 Å². The number of carboxylic acids is 1. The number of carbonyl (C=O) groups is 4. The molecule has 4 aromatic carbocycles. The van der Waals surface area contributed by atoms with Gasteiger partial charge in [-0.3, -0.25) is 19.4 Å². The van der Waals surface area contributed by atoms with Crippen LogP contribution in [0, 0.1) is 6.92 Å². The summed E-state index contributed by atoms with van der Waals surface area (Å²) in [5.41, 5.74) is 3.54. The maximum absolute atomic E-state index is 13.6. The second-order valence-electron chi connectivity index (χ2n) is 10.4. The number of hydrogen-bond donors (Lipinski definition) is 4. The summed E-state index contributed by atoms with van der Waals surface area (Å²) >= 11 is 1.31. The van der Waals surface area contributed by atoms with Crippen LogP contribution in [0.4, 0.5) is 11.4 Å². The van der Waals surface area contributed by atoms with Gasteiger partial charge in [0.05, 0.1) is 5.56 Å². The van der Waals surface area contributed by atoms with Crippen molar-refractivity contribution in [1.29, 1.82) is 0 Å². The number of benzene rings is 4. The second kappa shape index (κ2) is 15.3. The standard InChI is InChI=1S/C37H30N4O5S/c1-24-14-15-28(37(45)46)22-31(24)40-36(44)33(26-10-4-2-5-11-26)47-30-18-16-29(17-19-30)39-35(43)32(21-25-9-8-20-38-23-25)41-34(42)27-12-6-3-7-13-27/h2-23,33H,1H3,(H,39,43)(H,40,44)(H,41,42)(H,45,46)/b32-21-. The fourth-order valence-corrected chi connectivity index (χ4v) is 5.54. The molecule has 1 unspecified atom stereocenters. The van der Waals surface area contributed by atoms with Crippen molar-refractivity contribution in [3.05, 3.63) is 161 Å². The van der Waals surface area contributed by atoms with E-state index < -0.39 is 23.0 Å². The monoisotopic (exact) mass is 642 g/mol. The lowest BCUT2D eigenvalue weighted by Crippen LogP contribution is -2.30. The molecule has 0 aliphatic carbocycles. The van der Waals surface area contributed by atoms with Crippen molar-refractivity contribution in [2.24, 2.45) is 0 Å². The van der Waals surface area contributed by atoms with Crippen molar-refractivity contribution in [2.45, 2.75) is 17.1 Å². The van der Waals surface area contributed by atoms with E-state index in [0.29, 0.717) is 22.5 Å². The highest BCUT2D eigenvalue weighted by Crippen LogP contribution is 2.37. The fraction of sp³-hybridized carbons (Fsp3) is 0.0541. The highest BCUT2D eigenvalue weighted by Gasteiger charge is 2.23. The average Bonchev–Trinajstić information content (AvgIpc) is 3.09. The Morgan fingerprint density at radius 2 is 1.49 bits per heavy atom. The molecular weight excluding hydrogens is 612 g/mol. The maximum Gasteiger partial charge on any atom is 0.335 e. The third kappa shape index (κ3) is 8.80. The predicted molar refractivity (Wildman–Crippen MR) is 183 cm³/mol. The Morgan fingerprint density at radius 1 is 0.787 bits per heavy atom. The van der Waals surface area contributed by atoms with Gasteiger partial charge in [0.2, 0.25) is 5.91 Å². The van der Waals surface area contributed by atoms with Gasteiger partial charge < -0.3 is 21.1 Å². The summed E-state index contributed by atoms with van der Waals surface area (Å²) in [6.45, 7) is 1.80. The van der Waals surface area contributed by atoms with E-state index in [-0.39, 0.29) is 17.2 Å². The summed E-state index contributed by atoms with van der Waals surface area (Å²) in [7, 11) is 0. The van der Waals surface area contributed by atoms with E-state index in [4.69, 9.17) is 0 Å². The molecule has 0 saturated heterocycles. The molecule has 4 N–H and O–H groups in total. The van der Waals surface area contributed by atoms with Gasteiger partial charge in [-0.05, 0) is 84.3 Å². The quantitative estimate of drug-likeness (QED) is 0.0902. The van der Waals surface area contributed by atoms with E-state index >= 15 is 0 Å². The summed E-state index contributed by atoms with van der Waals surface area (Å²) in [4.78, 5) is 56.2. The first-order valence-corrected chi connectivity index (χ1v) is 15.4. The largest absolute Gasteiger partial charge is 0.478 e. The predicted octanol–water partition coefficient (Wildman–Crippen LogP) is 6.97. The number of thioether (sulfide) groups is 1. The minimum absolute atomic E-state index is 0.0355. The van der Waals surface area contributed by atoms with Crippen molar-refractivity contribution in [2.75, 3.05) is 10.6 Å². The Hall–Kier alpha value is -6.00. The van der Waals surface area contributed by atoms with Gasteiger partial charge in [0.25, 0.3) is 11.8 Å². The Morgan fingerprint density at radius 3 is 2.15 bits per heavy atom. The molecule has 0 aliphatic rings. The number of amides is 3. The number of aromatic carboxylic acids is 1. The zero-order valence-corrected chi connectivity index (χ0v) is 26.0. The minimum Gasteiger partial charge on any atom is -0.478 e. The highest BCUT2D eigenvalue weighted by molar-refractivity contribution is 8.00. The summed E-state index contributed by atoms with van der Waals surface area (Å²) in [6.07, 6.45) is 4.74. The number of carbonyl (C=O) groups excluding carboxylic acids is 3. The molecule has 3 amide bonds. The van der Waals surface area contributed by atoms with Gasteiger partial charge in [0.15, 0.2) is 0 Å². The lowest BCUT2D eigenvalue weighted by molar-refractivity contribution is -0.116. The van der Waals surface area contributed by atoms with E-state index in [9.17, 15) is 24.3 Å². The molecule has 1 atom stereocenters. The molecule has 0 bridgehead atoms. The lowest BCUT2D eigenvalue weighted by atomic mass is 10.1. The van der Waals surface area contributed by atoms with Gasteiger partial charge in [0, 0.05) is 34.2 Å². The van der Waals surface area contributed by atoms with Gasteiger partial charge >= 0.3 is 5.97 Å². The van der Waals surface area contributed by atoms with Crippen molar-refractivity contribution in [3.63, 3.8) is 0 Å². The van der Waals surface area contributed by atoms with Crippen molar-refractivity contribution >= 4 is 52.9 Å². The molecule has 47 heavy (non-hydrogen) atoms. The van der Waals surface area contributed by atoms with Crippen LogP contribution in [-0.4, -0.2) is 33.8 Å². The number of aromatic nitrogens is 1. The molecule has 9 nitrogen and oxygen atoms in total. The average molecular weight is 643 g/mol. The molecule has 234 valence electrons. The van der Waals surface area contributed by atoms with Crippen LogP contribution in [0.1, 0.15) is 42.7 Å². The minimum atomic E-state index is -1.08. The molecule has 0 saturated carbocycles. The molecule has 0 radical (unpaired) electrons. The van der Waals surface area contributed by atoms with Gasteiger partial charge in [-0.2, -0.15) is 0 Å². The van der Waals surface area contributed by atoms with Crippen LogP contribution in [-0.2, 0) is 9.59 Å². The molecule has 5 rings (SSSR count). The van der Waals surface area contributed by atoms with Gasteiger partial charge in [0.1, 0.15) is 10.9 Å². The van der Waals surface area contributed by atoms with Crippen LogP contribution in [0.15, 0.2) is 138 Å². The SMILES string of the molecule is Cc1ccc(C(=O)O)cc1NC(=O)C(Sc1ccc(NC(=O)/C(=C/c2cccnc2)NC(=O)c2ccccc2)cc1)c1ccccc1. The summed E-state index contributed by atoms with van der Waals surface area (Å²) in [6, 6.07) is 32.9. The number of pyridine rings is 1. The van der Waals surface area contributed by atoms with Crippen molar-refractivity contribution in [3.8, 4) is 0 Å². The van der Waals surface area contributed by atoms with E-state index in [0.717, 1.165) is 16.0 Å². The van der Waals surface area contributed by atoms with E-state index in [2.05, 4.69) is 20.9 Å². The topological polar surface area (TPSA) is 137 Å². The normalized spacial score (nSPS) is 11.6. The molecule has 5 aromatic rings. The number of nitrogens with zero attached hydrogens (tertiary/aromatic N) is 1. The van der Waals surface area contributed by atoms with Crippen LogP contribution >= 0.6 is 11.8 Å². The number of hydrogen-bond acceptors (Lipinski definition) is 6. The smallest absolute Gasteiger partial charge is 0.335 e. The molecule has 10 heteroatoms. The molecule has 0 spiro atoms. The summed E-state index contributed by atoms with van der Waals surface area (Å²) < 4.78 is 0. The second-order valence-corrected chi connectivity index (χ2v) is 11.6. The first-order chi connectivity index (χ1) is 22.8. The fourth-order valence-electron chi connectivity index (χ4n) is 4.51. The third-order valence-electron chi connectivity index (χ3n) is 6.97. The highest BCUT2D eigenvalue weighted by atomic mass is 32.2. The van der Waals surface area contributed by atoms with Crippen LogP contribution < -0.4 is 16.0 Å². The zero-order valence-electron chi connectivity index (χ0n) is 25.2. The Kier molecular flexibility index (Phi) is 10.6. The Bertz CT molecular complexity index is 1920. The van der Waals surface area contributed by atoms with Crippen LogP contribution in [0.25, 0.3) is 6.08 Å². The van der Waals surface area contributed by atoms with Crippen LogP contribution in [0.5, 0.6) is 0 Å². The van der Waals surface area contributed by atoms with Crippen molar-refractivity contribution < 1.29 is 24.3 Å². The number of anilines is 2. The summed E-state index contributed by atoms with van der Waals surface area (Å²) in [5, 5.41) is 17.2. The van der Waals surface area contributed by atoms with Gasteiger partial charge in [-0.1, -0.05) is 60.7 Å². The number of rotatable bonds is 11. The van der Waals surface area contributed by atoms with Crippen molar-refractivity contribution in [1.82, 2.24) is 10.3 Å². The first-order valence-electron chi connectivity index (χ1n) is 14.5. The molecular formula is C37H30N4O5S. The van der Waals surface area contributed by atoms with Gasteiger partial charge in [-0.25, -0.2) is 4.79 Å². The lowest BCUT2D eigenvalue weighted by Gasteiger charge is -2.18. The summed E-state index contributed by atoms with van der Waals surface area (Å²) in [5.74, 6) is -2.36. The van der Waals surface area contributed by atoms with Crippen LogP contribution in [0.3, 0.4) is 0 Å². The zero-order chi connectivity index (χ0) is 33.2. The van der Waals surface area contributed by atoms with E-state index in [1.165, 1.54) is 23.9 Å². The Balaban J connectivity index is 1.33. The molecule has 0 aliphatic heterocycles. The third-order valence-corrected chi connectivity index (χ3v) is 8.24. The van der Waals surface area contributed by atoms with E-state index in [1.54, 1.807) is 98.2 Å². The molecule has 0 fully saturated rings. The number of aryl methyl sites for hydroxylation is 1. The number of nitrogens with one attached hydrogen (secondary N) is 3. The number of carboxylic acid groups (broad SMARTS) is 1. The molecule has 1 heterocycles. The first kappa shape index (κ1) is 32.4. The molecule has 1 aromatic heterocycles. The van der Waals surface area contributed by atoms with Gasteiger partial charge in [-0.15, -0.1) is 11.8 Å². The maximum atomic E-state index is 13.6.